The Bertz CT molecular complexity index is 1950. The number of nitrogens with one attached hydrogen (secondary N) is 1. The fourth-order valence-corrected chi connectivity index (χ4v) is 9.98. The average molecular weight is 793 g/mol. The second-order valence-electron chi connectivity index (χ2n) is 19.7. The van der Waals surface area contributed by atoms with Gasteiger partial charge in [-0.1, -0.05) is 123 Å². The average Bonchev–Trinajstić information content (AvgIpc) is 3.29. The number of aromatic nitrogens is 2. The molecule has 1 aliphatic heterocycles. The first-order valence-corrected chi connectivity index (χ1v) is 28.0. The molecule has 0 unspecified atom stereocenters. The number of aromatic amines is 1. The zero-order valence-corrected chi connectivity index (χ0v) is 38.2. The first-order valence-electron chi connectivity index (χ1n) is 19.2. The van der Waals surface area contributed by atoms with E-state index in [1.54, 1.807) is 0 Å². The maximum Gasteiger partial charge on any atom is 0.330 e. The van der Waals surface area contributed by atoms with E-state index in [-0.39, 0.29) is 27.3 Å². The predicted molar refractivity (Wildman–Crippen MR) is 226 cm³/mol. The van der Waals surface area contributed by atoms with Gasteiger partial charge < -0.3 is 23.1 Å². The van der Waals surface area contributed by atoms with Gasteiger partial charge in [0.1, 0.15) is 23.9 Å². The molecule has 1 fully saturated rings. The lowest BCUT2D eigenvalue weighted by atomic mass is 9.79. The number of aliphatic hydroxyl groups is 1. The van der Waals surface area contributed by atoms with Crippen LogP contribution in [0, 0.1) is 0 Å². The second-order valence-corrected chi connectivity index (χ2v) is 34.1. The lowest BCUT2D eigenvalue weighted by Gasteiger charge is -2.44. The van der Waals surface area contributed by atoms with Gasteiger partial charge in [0, 0.05) is 17.3 Å². The van der Waals surface area contributed by atoms with Crippen LogP contribution in [0.25, 0.3) is 12.2 Å². The molecule has 2 aliphatic rings. The van der Waals surface area contributed by atoms with Crippen LogP contribution < -0.4 is 11.2 Å². The summed E-state index contributed by atoms with van der Waals surface area (Å²) in [5.74, 6) is 0. The maximum atomic E-state index is 14.2. The molecule has 1 saturated heterocycles. The molecule has 1 aromatic heterocycles. The number of hydrogen-bond donors (Lipinski definition) is 2. The maximum absolute atomic E-state index is 14.2. The zero-order valence-electron chi connectivity index (χ0n) is 35.2. The van der Waals surface area contributed by atoms with Crippen LogP contribution in [-0.2, 0) is 23.6 Å². The van der Waals surface area contributed by atoms with Gasteiger partial charge in [0.2, 0.25) is 0 Å². The van der Waals surface area contributed by atoms with E-state index >= 15 is 0 Å². The SMILES string of the molecule is CC(C)(C)[Si](C)(C)OC[C@H]1O[C@@H](n2cc(C3(O)c4ccccc4C=Cc4ccccc43)c(=O)[nH]c2=O)[C@H](O[Si](C)(C)C(C)(C)C)[C@@H]1O[Si](C)(C)C(C)(C)C. The molecule has 3 aromatic rings. The highest BCUT2D eigenvalue weighted by molar-refractivity contribution is 6.75. The standard InChI is InChI=1S/C42H64N2O7Si3/c1-39(2,3)52(10,11)48-27-33-34(50-53(12,13)40(4,5)6)35(51-54(14,15)41(7,8)9)37(49-33)44-26-32(36(45)43-38(44)46)42(47)30-22-18-16-20-28(30)24-25-29-21-17-19-23-31(29)42/h16-26,33-35,37,47H,27H2,1-15H3,(H,43,45,46)/t33-,34-,35-,37-/m1/s1. The van der Waals surface area contributed by atoms with Gasteiger partial charge in [-0.05, 0) is 65.5 Å². The fraction of sp³-hybridized carbons (Fsp3) is 0.571. The van der Waals surface area contributed by atoms with Crippen molar-refractivity contribution >= 4 is 37.1 Å². The Morgan fingerprint density at radius 3 is 1.61 bits per heavy atom. The van der Waals surface area contributed by atoms with Gasteiger partial charge in [0.25, 0.3) is 5.56 Å². The van der Waals surface area contributed by atoms with E-state index in [2.05, 4.69) is 107 Å². The quantitative estimate of drug-likeness (QED) is 0.208. The summed E-state index contributed by atoms with van der Waals surface area (Å²) in [7, 11) is -7.23. The highest BCUT2D eigenvalue weighted by atomic mass is 28.4. The molecule has 0 bridgehead atoms. The first kappa shape index (κ1) is 42.5. The van der Waals surface area contributed by atoms with Crippen molar-refractivity contribution in [3.63, 3.8) is 0 Å². The summed E-state index contributed by atoms with van der Waals surface area (Å²) in [6.07, 6.45) is 2.47. The summed E-state index contributed by atoms with van der Waals surface area (Å²) < 4.78 is 29.8. The van der Waals surface area contributed by atoms with Gasteiger partial charge in [-0.2, -0.15) is 0 Å². The van der Waals surface area contributed by atoms with Crippen molar-refractivity contribution in [2.75, 3.05) is 6.61 Å². The number of ether oxygens (including phenoxy) is 1. The first-order chi connectivity index (χ1) is 24.6. The molecule has 12 heteroatoms. The minimum atomic E-state index is -2.54. The number of hydrogen-bond acceptors (Lipinski definition) is 7. The van der Waals surface area contributed by atoms with Crippen LogP contribution in [0.15, 0.2) is 64.3 Å². The topological polar surface area (TPSA) is 112 Å². The molecule has 0 radical (unpaired) electrons. The van der Waals surface area contributed by atoms with Crippen molar-refractivity contribution in [2.24, 2.45) is 0 Å². The summed E-state index contributed by atoms with van der Waals surface area (Å²) in [6.45, 7) is 33.2. The molecule has 54 heavy (non-hydrogen) atoms. The molecule has 0 amide bonds. The number of benzene rings is 2. The Morgan fingerprint density at radius 1 is 0.704 bits per heavy atom. The second kappa shape index (κ2) is 14.4. The lowest BCUT2D eigenvalue weighted by molar-refractivity contribution is -0.0514. The molecular weight excluding hydrogens is 729 g/mol. The van der Waals surface area contributed by atoms with Crippen molar-refractivity contribution in [1.29, 1.82) is 0 Å². The van der Waals surface area contributed by atoms with E-state index in [0.29, 0.717) is 11.1 Å². The number of rotatable bonds is 9. The fourth-order valence-electron chi connectivity index (χ4n) is 6.37. The Labute approximate surface area is 325 Å². The summed E-state index contributed by atoms with van der Waals surface area (Å²) in [5, 5.41) is 12.7. The van der Waals surface area contributed by atoms with Crippen molar-refractivity contribution in [3.8, 4) is 0 Å². The highest BCUT2D eigenvalue weighted by Gasteiger charge is 2.55. The molecule has 2 N–H and O–H groups in total. The summed E-state index contributed by atoms with van der Waals surface area (Å²) >= 11 is 0. The van der Waals surface area contributed by atoms with Gasteiger partial charge in [-0.3, -0.25) is 14.3 Å². The number of nitrogens with zero attached hydrogens (tertiary/aromatic N) is 1. The van der Waals surface area contributed by atoms with E-state index in [0.717, 1.165) is 11.1 Å². The van der Waals surface area contributed by atoms with Crippen LogP contribution in [0.3, 0.4) is 0 Å². The molecule has 9 nitrogen and oxygen atoms in total. The van der Waals surface area contributed by atoms with Crippen LogP contribution >= 0.6 is 0 Å². The Morgan fingerprint density at radius 2 is 1.15 bits per heavy atom. The van der Waals surface area contributed by atoms with E-state index in [1.165, 1.54) is 10.8 Å². The summed E-state index contributed by atoms with van der Waals surface area (Å²) in [6, 6.07) is 14.9. The van der Waals surface area contributed by atoms with Crippen molar-refractivity contribution in [1.82, 2.24) is 9.55 Å². The molecular formula is C42H64N2O7Si3. The Balaban J connectivity index is 1.75. The van der Waals surface area contributed by atoms with Crippen LogP contribution in [0.2, 0.25) is 54.4 Å². The molecule has 2 heterocycles. The Hall–Kier alpha value is -2.69. The van der Waals surface area contributed by atoms with Gasteiger partial charge in [-0.25, -0.2) is 4.79 Å². The molecule has 0 saturated carbocycles. The van der Waals surface area contributed by atoms with Crippen molar-refractivity contribution < 1.29 is 23.1 Å². The minimum Gasteiger partial charge on any atom is -0.414 e. The predicted octanol–water partition coefficient (Wildman–Crippen LogP) is 9.00. The summed E-state index contributed by atoms with van der Waals surface area (Å²) in [4.78, 5) is 30.8. The minimum absolute atomic E-state index is 0.00298. The van der Waals surface area contributed by atoms with Crippen LogP contribution in [-0.4, -0.2) is 64.5 Å². The van der Waals surface area contributed by atoms with E-state index in [4.69, 9.17) is 18.0 Å². The summed E-state index contributed by atoms with van der Waals surface area (Å²) in [5.41, 5.74) is -0.667. The zero-order chi connectivity index (χ0) is 40.4. The highest BCUT2D eigenvalue weighted by Crippen LogP contribution is 2.47. The monoisotopic (exact) mass is 792 g/mol. The molecule has 296 valence electrons. The van der Waals surface area contributed by atoms with Gasteiger partial charge in [-0.15, -0.1) is 0 Å². The van der Waals surface area contributed by atoms with Crippen LogP contribution in [0.4, 0.5) is 0 Å². The van der Waals surface area contributed by atoms with Gasteiger partial charge >= 0.3 is 5.69 Å². The van der Waals surface area contributed by atoms with E-state index in [1.807, 2.05) is 60.7 Å². The third-order valence-electron chi connectivity index (χ3n) is 12.9. The van der Waals surface area contributed by atoms with Crippen molar-refractivity contribution in [3.05, 3.63) is 103 Å². The number of H-pyrrole nitrogens is 1. The smallest absolute Gasteiger partial charge is 0.330 e. The Kier molecular flexibility index (Phi) is 11.3. The largest absolute Gasteiger partial charge is 0.414 e. The number of fused-ring (bicyclic) bond motifs is 2. The van der Waals surface area contributed by atoms with Gasteiger partial charge in [0.15, 0.2) is 31.2 Å². The third kappa shape index (κ3) is 7.82. The van der Waals surface area contributed by atoms with Gasteiger partial charge in [0.05, 0.1) is 12.2 Å². The van der Waals surface area contributed by atoms with E-state index < -0.39 is 66.3 Å². The van der Waals surface area contributed by atoms with Crippen molar-refractivity contribution in [2.45, 2.75) is 147 Å². The van der Waals surface area contributed by atoms with E-state index in [9.17, 15) is 14.7 Å². The van der Waals surface area contributed by atoms with Crippen LogP contribution in [0.5, 0.6) is 0 Å². The molecule has 2 aromatic carbocycles. The van der Waals surface area contributed by atoms with Crippen LogP contribution in [0.1, 0.15) is 96.4 Å². The normalized spacial score (nSPS) is 22.1. The lowest BCUT2D eigenvalue weighted by Crippen LogP contribution is -2.55. The molecule has 1 aliphatic carbocycles. The third-order valence-corrected chi connectivity index (χ3v) is 26.4. The molecule has 5 rings (SSSR count). The molecule has 4 atom stereocenters. The molecule has 0 spiro atoms.